The van der Waals surface area contributed by atoms with E-state index in [4.69, 9.17) is 5.14 Å². The lowest BCUT2D eigenvalue weighted by Crippen LogP contribution is -2.25. The molecule has 1 saturated carbocycles. The van der Waals surface area contributed by atoms with Gasteiger partial charge in [-0.15, -0.1) is 0 Å². The molecule has 0 saturated heterocycles. The van der Waals surface area contributed by atoms with Gasteiger partial charge >= 0.3 is 0 Å². The van der Waals surface area contributed by atoms with Crippen LogP contribution in [0.1, 0.15) is 46.2 Å². The van der Waals surface area contributed by atoms with Crippen LogP contribution >= 0.6 is 0 Å². The summed E-state index contributed by atoms with van der Waals surface area (Å²) < 4.78 is 22.5. The lowest BCUT2D eigenvalue weighted by atomic mass is 10.0. The maximum absolute atomic E-state index is 11.2. The van der Waals surface area contributed by atoms with Gasteiger partial charge in [-0.05, 0) is 35.4 Å². The van der Waals surface area contributed by atoms with Gasteiger partial charge in [-0.1, -0.05) is 39.8 Å². The lowest BCUT2D eigenvalue weighted by molar-refractivity contribution is 0.457. The van der Waals surface area contributed by atoms with Crippen molar-refractivity contribution in [2.45, 2.75) is 51.6 Å². The van der Waals surface area contributed by atoms with Crippen LogP contribution in [0.2, 0.25) is 0 Å². The number of nitrogens with two attached hydrogens (primary N) is 1. The summed E-state index contributed by atoms with van der Waals surface area (Å²) >= 11 is 0. The minimum Gasteiger partial charge on any atom is -0.306 e. The third-order valence-electron chi connectivity index (χ3n) is 5.15. The van der Waals surface area contributed by atoms with E-state index in [1.54, 1.807) is 12.1 Å². The molecule has 20 heavy (non-hydrogen) atoms. The molecule has 1 unspecified atom stereocenters. The van der Waals surface area contributed by atoms with Crippen LogP contribution in [0, 0.1) is 10.8 Å². The molecule has 1 aromatic carbocycles. The van der Waals surface area contributed by atoms with E-state index in [0.717, 1.165) is 5.56 Å². The third kappa shape index (κ3) is 2.50. The molecule has 1 fully saturated rings. The smallest absolute Gasteiger partial charge is 0.238 e. The molecule has 5 heteroatoms. The van der Waals surface area contributed by atoms with Gasteiger partial charge in [0, 0.05) is 12.1 Å². The molecule has 2 rings (SSSR count). The average molecular weight is 296 g/mol. The molecule has 1 atom stereocenters. The van der Waals surface area contributed by atoms with E-state index in [-0.39, 0.29) is 21.8 Å². The van der Waals surface area contributed by atoms with Crippen LogP contribution in [0.15, 0.2) is 29.2 Å². The van der Waals surface area contributed by atoms with Gasteiger partial charge in [0.2, 0.25) is 10.0 Å². The zero-order valence-corrected chi connectivity index (χ0v) is 13.6. The number of rotatable bonds is 4. The summed E-state index contributed by atoms with van der Waals surface area (Å²) in [7, 11) is -3.61. The van der Waals surface area contributed by atoms with E-state index < -0.39 is 10.0 Å². The number of hydrogen-bond donors (Lipinski definition) is 2. The van der Waals surface area contributed by atoms with Crippen LogP contribution in [0.4, 0.5) is 0 Å². The number of sulfonamides is 1. The van der Waals surface area contributed by atoms with Crippen molar-refractivity contribution in [1.29, 1.82) is 0 Å². The van der Waals surface area contributed by atoms with E-state index in [1.165, 1.54) is 0 Å². The van der Waals surface area contributed by atoms with Crippen molar-refractivity contribution >= 4 is 10.0 Å². The first-order chi connectivity index (χ1) is 8.98. The number of nitrogens with one attached hydrogen (secondary N) is 1. The second-order valence-electron chi connectivity index (χ2n) is 6.88. The summed E-state index contributed by atoms with van der Waals surface area (Å²) in [5.74, 6) is 0. The highest BCUT2D eigenvalue weighted by Gasteiger charge is 2.64. The molecule has 0 bridgehead atoms. The highest BCUT2D eigenvalue weighted by Crippen LogP contribution is 2.63. The summed E-state index contributed by atoms with van der Waals surface area (Å²) in [5.41, 5.74) is 1.62. The first-order valence-corrected chi connectivity index (χ1v) is 8.41. The minimum absolute atomic E-state index is 0.153. The second kappa shape index (κ2) is 4.55. The Morgan fingerprint density at radius 2 is 1.55 bits per heavy atom. The van der Waals surface area contributed by atoms with E-state index in [9.17, 15) is 8.42 Å². The van der Waals surface area contributed by atoms with Crippen LogP contribution in [0.25, 0.3) is 0 Å². The summed E-state index contributed by atoms with van der Waals surface area (Å²) in [6, 6.07) is 7.40. The number of primary sulfonamides is 1. The van der Waals surface area contributed by atoms with Crippen LogP contribution in [-0.4, -0.2) is 14.5 Å². The largest absolute Gasteiger partial charge is 0.306 e. The van der Waals surface area contributed by atoms with Crippen molar-refractivity contribution in [3.63, 3.8) is 0 Å². The zero-order chi connectivity index (χ0) is 15.3. The Morgan fingerprint density at radius 1 is 1.10 bits per heavy atom. The molecular weight excluding hydrogens is 272 g/mol. The summed E-state index contributed by atoms with van der Waals surface area (Å²) in [6.07, 6.45) is 0. The number of benzene rings is 1. The maximum Gasteiger partial charge on any atom is 0.238 e. The maximum atomic E-state index is 11.2. The first-order valence-electron chi connectivity index (χ1n) is 6.87. The van der Waals surface area contributed by atoms with Crippen LogP contribution < -0.4 is 10.5 Å². The normalized spacial score (nSPS) is 22.5. The number of hydrogen-bond acceptors (Lipinski definition) is 3. The Bertz CT molecular complexity index is 589. The van der Waals surface area contributed by atoms with Gasteiger partial charge in [0.15, 0.2) is 0 Å². The molecule has 112 valence electrons. The summed E-state index contributed by atoms with van der Waals surface area (Å²) in [5, 5.41) is 8.73. The molecule has 3 N–H and O–H groups in total. The average Bonchev–Trinajstić information content (AvgIpc) is 2.71. The minimum atomic E-state index is -3.61. The molecule has 0 radical (unpaired) electrons. The molecule has 0 spiro atoms. The van der Waals surface area contributed by atoms with Gasteiger partial charge in [0.25, 0.3) is 0 Å². The highest BCUT2D eigenvalue weighted by molar-refractivity contribution is 7.89. The predicted octanol–water partition coefficient (Wildman–Crippen LogP) is 2.42. The molecule has 0 amide bonds. The molecule has 0 heterocycles. The monoisotopic (exact) mass is 296 g/mol. The standard InChI is InChI=1S/C15H24N2O2S/c1-10(17-13-14(2,3)15(13,4)5)11-6-8-12(9-7-11)20(16,18)19/h6-10,13,17H,1-5H3,(H2,16,18,19). The molecule has 0 aromatic heterocycles. The van der Waals surface area contributed by atoms with Crippen molar-refractivity contribution in [1.82, 2.24) is 5.32 Å². The fraction of sp³-hybridized carbons (Fsp3) is 0.600. The fourth-order valence-corrected chi connectivity index (χ4v) is 3.42. The third-order valence-corrected chi connectivity index (χ3v) is 6.08. The van der Waals surface area contributed by atoms with Crippen molar-refractivity contribution < 1.29 is 8.42 Å². The van der Waals surface area contributed by atoms with Crippen LogP contribution in [0.5, 0.6) is 0 Å². The molecule has 0 aliphatic heterocycles. The Hall–Kier alpha value is -0.910. The van der Waals surface area contributed by atoms with Crippen LogP contribution in [-0.2, 0) is 10.0 Å². The van der Waals surface area contributed by atoms with Crippen molar-refractivity contribution in [3.8, 4) is 0 Å². The van der Waals surface area contributed by atoms with E-state index in [1.807, 2.05) is 12.1 Å². The van der Waals surface area contributed by atoms with E-state index in [0.29, 0.717) is 6.04 Å². The van der Waals surface area contributed by atoms with E-state index in [2.05, 4.69) is 39.9 Å². The Labute approximate surface area is 121 Å². The molecule has 4 nitrogen and oxygen atoms in total. The first kappa shape index (κ1) is 15.5. The molecular formula is C15H24N2O2S. The Morgan fingerprint density at radius 3 is 1.90 bits per heavy atom. The van der Waals surface area contributed by atoms with Gasteiger partial charge in [-0.3, -0.25) is 0 Å². The summed E-state index contributed by atoms with van der Waals surface area (Å²) in [6.45, 7) is 11.2. The van der Waals surface area contributed by atoms with Gasteiger partial charge in [0.05, 0.1) is 4.90 Å². The van der Waals surface area contributed by atoms with Crippen molar-refractivity contribution in [2.24, 2.45) is 16.0 Å². The fourth-order valence-electron chi connectivity index (χ4n) is 2.91. The van der Waals surface area contributed by atoms with Gasteiger partial charge in [0.1, 0.15) is 0 Å². The molecule has 1 aromatic rings. The topological polar surface area (TPSA) is 72.2 Å². The second-order valence-corrected chi connectivity index (χ2v) is 8.44. The highest BCUT2D eigenvalue weighted by atomic mass is 32.2. The van der Waals surface area contributed by atoms with Gasteiger partial charge in [-0.2, -0.15) is 0 Å². The van der Waals surface area contributed by atoms with Crippen molar-refractivity contribution in [3.05, 3.63) is 29.8 Å². The zero-order valence-electron chi connectivity index (χ0n) is 12.8. The van der Waals surface area contributed by atoms with Crippen LogP contribution in [0.3, 0.4) is 0 Å². The quantitative estimate of drug-likeness (QED) is 0.896. The van der Waals surface area contributed by atoms with Gasteiger partial charge in [-0.25, -0.2) is 13.6 Å². The van der Waals surface area contributed by atoms with Gasteiger partial charge < -0.3 is 5.32 Å². The lowest BCUT2D eigenvalue weighted by Gasteiger charge is -2.16. The van der Waals surface area contributed by atoms with E-state index >= 15 is 0 Å². The molecule has 1 aliphatic rings. The van der Waals surface area contributed by atoms with Crippen molar-refractivity contribution in [2.75, 3.05) is 0 Å². The molecule has 1 aliphatic carbocycles. The Kier molecular flexibility index (Phi) is 3.52. The predicted molar refractivity (Wildman–Crippen MR) is 80.7 cm³/mol. The summed E-state index contributed by atoms with van der Waals surface area (Å²) in [4.78, 5) is 0.153. The SMILES string of the molecule is CC(NC1C(C)(C)C1(C)C)c1ccc(S(N)(=O)=O)cc1. The Balaban J connectivity index is 2.10.